The van der Waals surface area contributed by atoms with Crippen LogP contribution < -0.4 is 4.72 Å². The van der Waals surface area contributed by atoms with Gasteiger partial charge in [-0.1, -0.05) is 23.7 Å². The van der Waals surface area contributed by atoms with E-state index >= 15 is 0 Å². The summed E-state index contributed by atoms with van der Waals surface area (Å²) in [6.45, 7) is 2.95. The van der Waals surface area contributed by atoms with Crippen molar-refractivity contribution in [2.75, 3.05) is 11.8 Å². The first kappa shape index (κ1) is 20.7. The van der Waals surface area contributed by atoms with E-state index in [9.17, 15) is 18.0 Å². The topological polar surface area (TPSA) is 98.8 Å². The highest BCUT2D eigenvalue weighted by molar-refractivity contribution is 7.92. The number of anilines is 1. The zero-order chi connectivity index (χ0) is 20.2. The molecule has 0 spiro atoms. The van der Waals surface area contributed by atoms with Gasteiger partial charge in [0.25, 0.3) is 10.0 Å². The number of aryl methyl sites for hydroxylation is 1. The monoisotopic (exact) mass is 411 g/mol. The minimum absolute atomic E-state index is 0.0113. The summed E-state index contributed by atoms with van der Waals surface area (Å²) >= 11 is 5.87. The predicted octanol–water partition coefficient (Wildman–Crippen LogP) is 3.17. The molecule has 2 aromatic rings. The Labute approximate surface area is 162 Å². The summed E-state index contributed by atoms with van der Waals surface area (Å²) in [5, 5.41) is 0.376. The molecule has 1 N–H and O–H groups in total. The van der Waals surface area contributed by atoms with Crippen molar-refractivity contribution in [3.8, 4) is 0 Å². The molecule has 2 rings (SSSR count). The first-order valence-corrected chi connectivity index (χ1v) is 9.68. The van der Waals surface area contributed by atoms with Gasteiger partial charge >= 0.3 is 11.9 Å². The maximum atomic E-state index is 12.7. The van der Waals surface area contributed by atoms with Gasteiger partial charge in [-0.15, -0.1) is 0 Å². The number of carbonyl (C=O) groups is 2. The lowest BCUT2D eigenvalue weighted by Crippen LogP contribution is -2.25. The Hall–Kier alpha value is -2.58. The second kappa shape index (κ2) is 8.41. The highest BCUT2D eigenvalue weighted by Crippen LogP contribution is 2.23. The first-order chi connectivity index (χ1) is 12.6. The predicted molar refractivity (Wildman–Crippen MR) is 100 cm³/mol. The average molecular weight is 412 g/mol. The van der Waals surface area contributed by atoms with Crippen molar-refractivity contribution in [3.63, 3.8) is 0 Å². The smallest absolute Gasteiger partial charge is 0.346 e. The molecule has 7 nitrogen and oxygen atoms in total. The summed E-state index contributed by atoms with van der Waals surface area (Å²) in [7, 11) is -2.80. The number of nitrogens with one attached hydrogen (secondary N) is 1. The van der Waals surface area contributed by atoms with Crippen LogP contribution in [0.5, 0.6) is 0 Å². The molecule has 0 aliphatic heterocycles. The summed E-state index contributed by atoms with van der Waals surface area (Å²) in [4.78, 5) is 23.5. The molecule has 1 atom stereocenters. The molecule has 0 saturated carbocycles. The van der Waals surface area contributed by atoms with Crippen molar-refractivity contribution in [1.82, 2.24) is 0 Å². The first-order valence-electron chi connectivity index (χ1n) is 7.82. The summed E-state index contributed by atoms with van der Waals surface area (Å²) in [6.07, 6.45) is -1.12. The Morgan fingerprint density at radius 1 is 1.15 bits per heavy atom. The molecule has 9 heteroatoms. The number of esters is 2. The number of ether oxygens (including phenoxy) is 2. The third kappa shape index (κ3) is 5.21. The lowest BCUT2D eigenvalue weighted by atomic mass is 10.1. The Morgan fingerprint density at radius 3 is 2.48 bits per heavy atom. The highest BCUT2D eigenvalue weighted by Gasteiger charge is 2.23. The molecule has 0 fully saturated rings. The molecule has 0 aliphatic carbocycles. The Kier molecular flexibility index (Phi) is 6.45. The van der Waals surface area contributed by atoms with Crippen molar-refractivity contribution in [1.29, 1.82) is 0 Å². The quantitative estimate of drug-likeness (QED) is 0.733. The van der Waals surface area contributed by atoms with Crippen molar-refractivity contribution < 1.29 is 27.5 Å². The van der Waals surface area contributed by atoms with Gasteiger partial charge in [0.2, 0.25) is 0 Å². The van der Waals surface area contributed by atoms with E-state index in [4.69, 9.17) is 16.3 Å². The van der Waals surface area contributed by atoms with E-state index < -0.39 is 28.1 Å². The third-order valence-electron chi connectivity index (χ3n) is 3.61. The maximum absolute atomic E-state index is 12.7. The molecule has 0 aromatic heterocycles. The van der Waals surface area contributed by atoms with Crippen molar-refractivity contribution in [3.05, 3.63) is 58.6 Å². The zero-order valence-corrected chi connectivity index (χ0v) is 16.4. The van der Waals surface area contributed by atoms with Crippen molar-refractivity contribution in [2.24, 2.45) is 0 Å². The van der Waals surface area contributed by atoms with E-state index in [0.29, 0.717) is 10.6 Å². The van der Waals surface area contributed by atoms with E-state index in [1.807, 2.05) is 0 Å². The fourth-order valence-electron chi connectivity index (χ4n) is 2.22. The fourth-order valence-corrected chi connectivity index (χ4v) is 3.73. The Balaban J connectivity index is 2.30. The van der Waals surface area contributed by atoms with Gasteiger partial charge in [0.1, 0.15) is 0 Å². The van der Waals surface area contributed by atoms with Crippen LogP contribution in [-0.2, 0) is 24.3 Å². The molecule has 27 heavy (non-hydrogen) atoms. The number of carbonyl (C=O) groups excluding carboxylic acids is 2. The lowest BCUT2D eigenvalue weighted by molar-refractivity contribution is -0.149. The summed E-state index contributed by atoms with van der Waals surface area (Å²) in [5.41, 5.74) is 0.708. The maximum Gasteiger partial charge on any atom is 0.346 e. The largest absolute Gasteiger partial charge is 0.466 e. The fraction of sp³-hybridized carbons (Fsp3) is 0.222. The van der Waals surface area contributed by atoms with Gasteiger partial charge in [0.15, 0.2) is 6.10 Å². The van der Waals surface area contributed by atoms with E-state index in [1.165, 1.54) is 38.3 Å². The number of methoxy groups -OCH3 is 1. The van der Waals surface area contributed by atoms with Gasteiger partial charge in [0.05, 0.1) is 23.3 Å². The Morgan fingerprint density at radius 2 is 1.85 bits per heavy atom. The molecule has 2 aromatic carbocycles. The van der Waals surface area contributed by atoms with Crippen LogP contribution in [0.3, 0.4) is 0 Å². The van der Waals surface area contributed by atoms with Crippen LogP contribution in [0.4, 0.5) is 5.69 Å². The number of rotatable bonds is 6. The molecule has 144 valence electrons. The normalized spacial score (nSPS) is 12.1. The van der Waals surface area contributed by atoms with Gasteiger partial charge in [-0.05, 0) is 49.7 Å². The minimum Gasteiger partial charge on any atom is -0.466 e. The van der Waals surface area contributed by atoms with E-state index in [0.717, 1.165) is 0 Å². The van der Waals surface area contributed by atoms with Crippen LogP contribution in [0.1, 0.15) is 22.8 Å². The van der Waals surface area contributed by atoms with E-state index in [-0.39, 0.29) is 16.1 Å². The van der Waals surface area contributed by atoms with Crippen LogP contribution in [0.2, 0.25) is 5.02 Å². The summed E-state index contributed by atoms with van der Waals surface area (Å²) < 4.78 is 37.3. The lowest BCUT2D eigenvalue weighted by Gasteiger charge is -2.14. The summed E-state index contributed by atoms with van der Waals surface area (Å²) in [5.74, 6) is -1.56. The van der Waals surface area contributed by atoms with Crippen LogP contribution in [0.25, 0.3) is 0 Å². The number of hydrogen-bond donors (Lipinski definition) is 1. The van der Waals surface area contributed by atoms with Crippen LogP contribution >= 0.6 is 11.6 Å². The zero-order valence-electron chi connectivity index (χ0n) is 14.9. The molecule has 0 bridgehead atoms. The average Bonchev–Trinajstić information content (AvgIpc) is 2.60. The molecule has 0 amide bonds. The highest BCUT2D eigenvalue weighted by atomic mass is 35.5. The number of halogens is 1. The molecule has 0 saturated heterocycles. The van der Waals surface area contributed by atoms with Crippen molar-refractivity contribution >= 4 is 39.3 Å². The molecule has 0 radical (unpaired) electrons. The van der Waals surface area contributed by atoms with Crippen LogP contribution in [-0.4, -0.2) is 33.6 Å². The van der Waals surface area contributed by atoms with Crippen LogP contribution in [0, 0.1) is 6.92 Å². The van der Waals surface area contributed by atoms with Crippen LogP contribution in [0.15, 0.2) is 47.4 Å². The van der Waals surface area contributed by atoms with E-state index in [1.54, 1.807) is 25.1 Å². The standard InChI is InChI=1S/C18H18ClNO6S/c1-11-7-8-13(18(22)26-12(2)17(21)25-3)9-16(11)27(23,24)20-15-6-4-5-14(19)10-15/h4-10,12,20H,1-3H3/t12-/m0/s1. The second-order valence-electron chi connectivity index (χ2n) is 5.67. The van der Waals surface area contributed by atoms with Gasteiger partial charge < -0.3 is 9.47 Å². The van der Waals surface area contributed by atoms with E-state index in [2.05, 4.69) is 9.46 Å². The number of sulfonamides is 1. The molecule has 0 heterocycles. The molecular formula is C18H18ClNO6S. The number of benzene rings is 2. The van der Waals surface area contributed by atoms with Crippen molar-refractivity contribution in [2.45, 2.75) is 24.8 Å². The minimum atomic E-state index is -3.97. The Bertz CT molecular complexity index is 974. The molecule has 0 unspecified atom stereocenters. The third-order valence-corrected chi connectivity index (χ3v) is 5.37. The van der Waals surface area contributed by atoms with Gasteiger partial charge in [-0.2, -0.15) is 0 Å². The molecule has 0 aliphatic rings. The van der Waals surface area contributed by atoms with Gasteiger partial charge in [-0.25, -0.2) is 18.0 Å². The summed E-state index contributed by atoms with van der Waals surface area (Å²) in [6, 6.07) is 10.3. The number of hydrogen-bond acceptors (Lipinski definition) is 6. The van der Waals surface area contributed by atoms with Gasteiger partial charge in [0, 0.05) is 5.02 Å². The SMILES string of the molecule is COC(=O)[C@H](C)OC(=O)c1ccc(C)c(S(=O)(=O)Nc2cccc(Cl)c2)c1. The molecular weight excluding hydrogens is 394 g/mol. The van der Waals surface area contributed by atoms with Gasteiger partial charge in [-0.3, -0.25) is 4.72 Å². The second-order valence-corrected chi connectivity index (χ2v) is 7.75.